The van der Waals surface area contributed by atoms with Gasteiger partial charge in [-0.1, -0.05) is 19.1 Å². The molecule has 3 nitrogen and oxygen atoms in total. The molecule has 0 spiro atoms. The van der Waals surface area contributed by atoms with Crippen molar-refractivity contribution in [2.24, 2.45) is 0 Å². The van der Waals surface area contributed by atoms with Gasteiger partial charge in [0.25, 0.3) is 0 Å². The summed E-state index contributed by atoms with van der Waals surface area (Å²) >= 11 is 0. The molecular weight excluding hydrogens is 259 g/mol. The number of aryl methyl sites for hydroxylation is 1. The molecule has 0 aliphatic heterocycles. The fourth-order valence-corrected chi connectivity index (χ4v) is 1.86. The number of ether oxygens (including phenoxy) is 2. The van der Waals surface area contributed by atoms with Crippen molar-refractivity contribution in [3.63, 3.8) is 0 Å². The molecule has 0 unspecified atom stereocenters. The maximum absolute atomic E-state index is 13.5. The molecule has 0 bridgehead atoms. The third-order valence-corrected chi connectivity index (χ3v) is 2.99. The van der Waals surface area contributed by atoms with E-state index in [0.717, 1.165) is 12.0 Å². The van der Waals surface area contributed by atoms with Gasteiger partial charge in [-0.05, 0) is 36.2 Å². The Morgan fingerprint density at radius 2 is 1.95 bits per heavy atom. The molecule has 0 aromatic heterocycles. The van der Waals surface area contributed by atoms with E-state index in [4.69, 9.17) is 9.47 Å². The minimum absolute atomic E-state index is 0.103. The van der Waals surface area contributed by atoms with Crippen LogP contribution in [0.5, 0.6) is 17.2 Å². The van der Waals surface area contributed by atoms with E-state index < -0.39 is 5.82 Å². The third kappa shape index (κ3) is 2.79. The predicted octanol–water partition coefficient (Wildman–Crippen LogP) is 4.00. The van der Waals surface area contributed by atoms with Crippen LogP contribution in [0.4, 0.5) is 4.39 Å². The van der Waals surface area contributed by atoms with Gasteiger partial charge in [0.2, 0.25) is 0 Å². The molecule has 0 heterocycles. The molecule has 0 radical (unpaired) electrons. The van der Waals surface area contributed by atoms with Gasteiger partial charge in [-0.2, -0.15) is 0 Å². The first-order valence-electron chi connectivity index (χ1n) is 6.28. The highest BCUT2D eigenvalue weighted by Crippen LogP contribution is 2.34. The number of benzene rings is 2. The lowest BCUT2D eigenvalue weighted by atomic mass is 10.1. The molecule has 0 atom stereocenters. The highest BCUT2D eigenvalue weighted by molar-refractivity contribution is 5.80. The van der Waals surface area contributed by atoms with Crippen LogP contribution < -0.4 is 9.47 Å². The second kappa shape index (κ2) is 6.19. The number of rotatable bonds is 5. The number of hydrogen-bond acceptors (Lipinski definition) is 3. The van der Waals surface area contributed by atoms with Gasteiger partial charge in [-0.25, -0.2) is 4.39 Å². The Kier molecular flexibility index (Phi) is 4.35. The monoisotopic (exact) mass is 274 g/mol. The summed E-state index contributed by atoms with van der Waals surface area (Å²) in [5.41, 5.74) is 0.998. The van der Waals surface area contributed by atoms with Gasteiger partial charge in [0.05, 0.1) is 12.7 Å². The molecule has 0 aliphatic rings. The fourth-order valence-electron chi connectivity index (χ4n) is 1.86. The van der Waals surface area contributed by atoms with E-state index in [-0.39, 0.29) is 11.3 Å². The normalized spacial score (nSPS) is 10.2. The van der Waals surface area contributed by atoms with Crippen LogP contribution in [0, 0.1) is 5.82 Å². The van der Waals surface area contributed by atoms with E-state index in [1.165, 1.54) is 19.2 Å². The Morgan fingerprint density at radius 1 is 1.15 bits per heavy atom. The molecule has 0 fully saturated rings. The summed E-state index contributed by atoms with van der Waals surface area (Å²) in [5.74, 6) is 0.549. The molecule has 4 heteroatoms. The van der Waals surface area contributed by atoms with E-state index in [2.05, 4.69) is 0 Å². The molecule has 0 saturated carbocycles. The molecule has 0 saturated heterocycles. The minimum Gasteiger partial charge on any atom is -0.493 e. The van der Waals surface area contributed by atoms with Gasteiger partial charge in [0, 0.05) is 0 Å². The summed E-state index contributed by atoms with van der Waals surface area (Å²) in [7, 11) is 1.54. The van der Waals surface area contributed by atoms with Crippen LogP contribution in [-0.4, -0.2) is 13.4 Å². The van der Waals surface area contributed by atoms with Crippen molar-refractivity contribution in [2.45, 2.75) is 13.3 Å². The second-order valence-corrected chi connectivity index (χ2v) is 4.21. The van der Waals surface area contributed by atoms with Crippen LogP contribution in [0.2, 0.25) is 0 Å². The summed E-state index contributed by atoms with van der Waals surface area (Å²) in [5, 5.41) is 0. The molecule has 0 N–H and O–H groups in total. The quantitative estimate of drug-likeness (QED) is 0.773. The fraction of sp³-hybridized carbons (Fsp3) is 0.188. The molecule has 2 rings (SSSR count). The highest BCUT2D eigenvalue weighted by Gasteiger charge is 2.12. The highest BCUT2D eigenvalue weighted by atomic mass is 19.1. The van der Waals surface area contributed by atoms with Gasteiger partial charge < -0.3 is 9.47 Å². The second-order valence-electron chi connectivity index (χ2n) is 4.21. The van der Waals surface area contributed by atoms with Crippen molar-refractivity contribution in [1.82, 2.24) is 0 Å². The number of carbonyl (C=O) groups is 1. The third-order valence-electron chi connectivity index (χ3n) is 2.99. The lowest BCUT2D eigenvalue weighted by molar-refractivity contribution is 0.111. The number of carbonyl (C=O) groups excluding carboxylic acids is 1. The number of aldehydes is 1. The Balaban J connectivity index is 2.39. The van der Waals surface area contributed by atoms with Gasteiger partial charge >= 0.3 is 0 Å². The first-order chi connectivity index (χ1) is 9.69. The zero-order valence-electron chi connectivity index (χ0n) is 11.4. The first kappa shape index (κ1) is 14.1. The van der Waals surface area contributed by atoms with Gasteiger partial charge in [0.1, 0.15) is 11.6 Å². The van der Waals surface area contributed by atoms with Crippen LogP contribution in [-0.2, 0) is 6.42 Å². The van der Waals surface area contributed by atoms with Crippen molar-refractivity contribution in [3.8, 4) is 17.2 Å². The summed E-state index contributed by atoms with van der Waals surface area (Å²) in [6.07, 6.45) is 1.31. The largest absolute Gasteiger partial charge is 0.493 e. The molecule has 20 heavy (non-hydrogen) atoms. The SMILES string of the molecule is CCc1ccc(Oc2cccc(F)c2C=O)c(OC)c1. The molecule has 104 valence electrons. The number of methoxy groups -OCH3 is 1. The maximum Gasteiger partial charge on any atom is 0.169 e. The van der Waals surface area contributed by atoms with E-state index in [1.54, 1.807) is 12.1 Å². The summed E-state index contributed by atoms with van der Waals surface area (Å²) in [6, 6.07) is 9.75. The predicted molar refractivity (Wildman–Crippen MR) is 74.2 cm³/mol. The van der Waals surface area contributed by atoms with Crippen LogP contribution in [0.3, 0.4) is 0 Å². The van der Waals surface area contributed by atoms with Crippen molar-refractivity contribution in [2.75, 3.05) is 7.11 Å². The minimum atomic E-state index is -0.610. The Bertz CT molecular complexity index is 623. The standard InChI is InChI=1S/C16H15FO3/c1-3-11-7-8-15(16(9-11)19-2)20-14-6-4-5-13(17)12(14)10-18/h4-10H,3H2,1-2H3. The Morgan fingerprint density at radius 3 is 2.60 bits per heavy atom. The van der Waals surface area contributed by atoms with Crippen molar-refractivity contribution >= 4 is 6.29 Å². The summed E-state index contributed by atoms with van der Waals surface area (Å²) < 4.78 is 24.4. The first-order valence-corrected chi connectivity index (χ1v) is 6.28. The topological polar surface area (TPSA) is 35.5 Å². The van der Waals surface area contributed by atoms with E-state index in [9.17, 15) is 9.18 Å². The number of halogens is 1. The zero-order chi connectivity index (χ0) is 14.5. The molecule has 0 aliphatic carbocycles. The van der Waals surface area contributed by atoms with E-state index >= 15 is 0 Å². The molecule has 2 aromatic carbocycles. The zero-order valence-corrected chi connectivity index (χ0v) is 11.4. The van der Waals surface area contributed by atoms with Crippen molar-refractivity contribution in [1.29, 1.82) is 0 Å². The summed E-state index contributed by atoms with van der Waals surface area (Å²) in [4.78, 5) is 10.9. The van der Waals surface area contributed by atoms with Gasteiger partial charge in [0.15, 0.2) is 17.8 Å². The average molecular weight is 274 g/mol. The van der Waals surface area contributed by atoms with Crippen LogP contribution in [0.1, 0.15) is 22.8 Å². The van der Waals surface area contributed by atoms with Gasteiger partial charge in [-0.15, -0.1) is 0 Å². The number of hydrogen-bond donors (Lipinski definition) is 0. The van der Waals surface area contributed by atoms with Crippen molar-refractivity contribution < 1.29 is 18.7 Å². The van der Waals surface area contributed by atoms with Crippen molar-refractivity contribution in [3.05, 3.63) is 53.3 Å². The molecular formula is C16H15FO3. The average Bonchev–Trinajstić information content (AvgIpc) is 2.48. The smallest absolute Gasteiger partial charge is 0.169 e. The van der Waals surface area contributed by atoms with E-state index in [1.807, 2.05) is 19.1 Å². The maximum atomic E-state index is 13.5. The Hall–Kier alpha value is -2.36. The Labute approximate surface area is 117 Å². The molecule has 2 aromatic rings. The van der Waals surface area contributed by atoms with Crippen LogP contribution in [0.25, 0.3) is 0 Å². The lowest BCUT2D eigenvalue weighted by Gasteiger charge is -2.13. The van der Waals surface area contributed by atoms with Gasteiger partial charge in [-0.3, -0.25) is 4.79 Å². The lowest BCUT2D eigenvalue weighted by Crippen LogP contribution is -1.96. The van der Waals surface area contributed by atoms with E-state index in [0.29, 0.717) is 17.8 Å². The molecule has 0 amide bonds. The summed E-state index contributed by atoms with van der Waals surface area (Å²) in [6.45, 7) is 2.03. The van der Waals surface area contributed by atoms with Crippen LogP contribution >= 0.6 is 0 Å². The van der Waals surface area contributed by atoms with Crippen LogP contribution in [0.15, 0.2) is 36.4 Å².